The molecule has 0 aliphatic rings. The average Bonchev–Trinajstić information content (AvgIpc) is 3.24. The van der Waals surface area contributed by atoms with Crippen LogP contribution in [0.15, 0.2) is 122 Å². The van der Waals surface area contributed by atoms with Gasteiger partial charge in [-0.1, -0.05) is 24.3 Å². The van der Waals surface area contributed by atoms with Gasteiger partial charge in [0.2, 0.25) is 0 Å². The summed E-state index contributed by atoms with van der Waals surface area (Å²) >= 11 is 0. The largest absolute Gasteiger partial charge is 1.00 e. The Morgan fingerprint density at radius 1 is 0.184 bits per heavy atom. The van der Waals surface area contributed by atoms with Crippen LogP contribution in [0.2, 0.25) is 0 Å². The summed E-state index contributed by atoms with van der Waals surface area (Å²) in [6, 6.07) is 22.9. The number of rotatable bonds is 6. The van der Waals surface area contributed by atoms with Crippen molar-refractivity contribution in [3.05, 3.63) is 122 Å². The van der Waals surface area contributed by atoms with Crippen LogP contribution in [0, 0.1) is 0 Å². The number of hydrogen-bond acceptors (Lipinski definition) is 4. The third-order valence-electron chi connectivity index (χ3n) is 7.91. The zero-order valence-corrected chi connectivity index (χ0v) is 39.2. The van der Waals surface area contributed by atoms with Crippen molar-refractivity contribution >= 4 is 13.8 Å². The Kier molecular flexibility index (Phi) is 24.5. The van der Waals surface area contributed by atoms with E-state index in [4.69, 9.17) is 0 Å². The maximum absolute atomic E-state index is 15.0. The fourth-order valence-electron chi connectivity index (χ4n) is 3.93. The topological polar surface area (TPSA) is 51.6 Å². The number of nitrogens with zero attached hydrogens (tertiary/aromatic N) is 4. The molecule has 0 unspecified atom stereocenters. The quantitative estimate of drug-likeness (QED) is 0.110. The van der Waals surface area contributed by atoms with Crippen LogP contribution in [-0.2, 0) is 44.8 Å². The second kappa shape index (κ2) is 23.6. The molecular formula is C32H20Ag2F36N4P2. The van der Waals surface area contributed by atoms with Gasteiger partial charge in [0.1, 0.15) is 0 Å². The van der Waals surface area contributed by atoms with Gasteiger partial charge in [-0.05, 0) is 48.5 Å². The minimum atomic E-state index is -15.0. The molecule has 452 valence electrons. The molecule has 0 radical (unpaired) electrons. The van der Waals surface area contributed by atoms with Crippen molar-refractivity contribution in [1.29, 1.82) is 0 Å². The molecule has 76 heavy (non-hydrogen) atoms. The van der Waals surface area contributed by atoms with Crippen LogP contribution in [0.25, 0.3) is 0 Å². The molecule has 0 atom stereocenters. The summed E-state index contributed by atoms with van der Waals surface area (Å²) in [5.74, 6) is 0. The molecular weight excluding hydrogens is 1400 g/mol. The molecule has 0 aromatic carbocycles. The van der Waals surface area contributed by atoms with Crippen LogP contribution in [0.1, 0.15) is 0 Å². The van der Waals surface area contributed by atoms with Gasteiger partial charge in [0.15, 0.2) is 0 Å². The molecule has 4 rings (SSSR count). The summed E-state index contributed by atoms with van der Waals surface area (Å²) in [6.07, 6.45) is -38.2. The van der Waals surface area contributed by atoms with Crippen LogP contribution >= 0.6 is 13.8 Å². The predicted molar refractivity (Wildman–Crippen MR) is 183 cm³/mol. The fraction of sp³-hybridized carbons (Fsp3) is 0.375. The van der Waals surface area contributed by atoms with Gasteiger partial charge in [0, 0.05) is 49.6 Å². The van der Waals surface area contributed by atoms with Crippen molar-refractivity contribution in [3.63, 3.8) is 0 Å². The van der Waals surface area contributed by atoms with E-state index < -0.39 is 84.8 Å². The van der Waals surface area contributed by atoms with Crippen molar-refractivity contribution in [2.24, 2.45) is 0 Å². The number of alkyl halides is 30. The van der Waals surface area contributed by atoms with E-state index in [1.165, 1.54) is 0 Å². The molecule has 0 aliphatic heterocycles. The standard InChI is InChI=1S/2C6F18P.4C5H5N.2Ag/c2*7-1(8,9)4(16,17)25(22,23,24,5(18,19)2(10,11)12)6(20,21)3(13,14)15;4*1-2-4-6-5-3-1;;/h;;4*1-5H;;/q2*-1;;;;;2*+1. The van der Waals surface area contributed by atoms with Gasteiger partial charge in [-0.15, -0.1) is 0 Å². The Hall–Kier alpha value is -3.58. The molecule has 4 heterocycles. The van der Waals surface area contributed by atoms with Crippen molar-refractivity contribution in [2.45, 2.75) is 71.0 Å². The van der Waals surface area contributed by atoms with E-state index in [9.17, 15) is 157 Å². The maximum atomic E-state index is 13.4. The molecule has 0 spiro atoms. The first-order chi connectivity index (χ1) is 32.2. The smallest absolute Gasteiger partial charge is 0.265 e. The molecule has 0 bridgehead atoms. The minimum Gasteiger partial charge on any atom is -0.265 e. The summed E-state index contributed by atoms with van der Waals surface area (Å²) in [6.45, 7) is -30.0. The van der Waals surface area contributed by atoms with Gasteiger partial charge >= 0.3 is 286 Å². The summed E-state index contributed by atoms with van der Waals surface area (Å²) in [5, 5.41) is 0. The Morgan fingerprint density at radius 2 is 0.276 bits per heavy atom. The van der Waals surface area contributed by atoms with Gasteiger partial charge in [0.05, 0.1) is 0 Å². The SMILES string of the molecule is FC(F)(F)C(F)(F)[P-](F)(F)(F)(C(F)(F)C(F)(F)F)C(F)(F)C(F)(F)F.FC(F)(F)C(F)(F)[P-](F)(F)(F)(C(F)(F)C(F)(F)F)C(F)(F)C(F)(F)F.[Ag+].[Ag+].c1ccncc1.c1ccncc1.c1ccncc1.c1ccncc1. The van der Waals surface area contributed by atoms with E-state index in [-0.39, 0.29) is 44.8 Å². The van der Waals surface area contributed by atoms with Gasteiger partial charge in [-0.2, -0.15) is 0 Å². The molecule has 0 saturated carbocycles. The summed E-state index contributed by atoms with van der Waals surface area (Å²) in [4.78, 5) is 15.1. The average molecular weight is 1420 g/mol. The number of halogens is 36. The fourth-order valence-corrected chi connectivity index (χ4v) is 9.29. The second-order valence-corrected chi connectivity index (χ2v) is 21.4. The van der Waals surface area contributed by atoms with E-state index in [1.807, 2.05) is 72.8 Å². The third kappa shape index (κ3) is 12.6. The zero-order chi connectivity index (χ0) is 59.8. The number of hydrogen-bond donors (Lipinski definition) is 0. The number of aromatic nitrogens is 4. The van der Waals surface area contributed by atoms with Crippen LogP contribution in [-0.4, -0.2) is 91.0 Å². The van der Waals surface area contributed by atoms with Gasteiger partial charge < -0.3 is 0 Å². The summed E-state index contributed by atoms with van der Waals surface area (Å²) < 4.78 is 445. The normalized spacial score (nSPS) is 15.3. The Bertz CT molecular complexity index is 1840. The first kappa shape index (κ1) is 78.9. The van der Waals surface area contributed by atoms with E-state index in [0.717, 1.165) is 0 Å². The van der Waals surface area contributed by atoms with Gasteiger partial charge in [0.25, 0.3) is 0 Å². The minimum absolute atomic E-state index is 0. The first-order valence-corrected chi connectivity index (χ1v) is 21.6. The predicted octanol–water partition coefficient (Wildman–Crippen LogP) is 18.7. The van der Waals surface area contributed by atoms with Crippen LogP contribution in [0.4, 0.5) is 157 Å². The molecule has 0 saturated heterocycles. The number of pyridine rings is 4. The van der Waals surface area contributed by atoms with Crippen molar-refractivity contribution in [1.82, 2.24) is 19.9 Å². The molecule has 0 aliphatic carbocycles. The van der Waals surface area contributed by atoms with Crippen LogP contribution < -0.4 is 0 Å². The van der Waals surface area contributed by atoms with Crippen LogP contribution in [0.3, 0.4) is 0 Å². The molecule has 4 nitrogen and oxygen atoms in total. The third-order valence-corrected chi connectivity index (χ3v) is 16.6. The van der Waals surface area contributed by atoms with E-state index >= 15 is 0 Å². The molecule has 4 aromatic rings. The van der Waals surface area contributed by atoms with Crippen molar-refractivity contribution in [3.8, 4) is 0 Å². The first-order valence-electron chi connectivity index (χ1n) is 16.9. The van der Waals surface area contributed by atoms with Gasteiger partial charge in [-0.25, -0.2) is 0 Å². The van der Waals surface area contributed by atoms with Gasteiger partial charge in [-0.3, -0.25) is 19.9 Å². The molecule has 4 aromatic heterocycles. The van der Waals surface area contributed by atoms with E-state index in [1.54, 1.807) is 49.6 Å². The summed E-state index contributed by atoms with van der Waals surface area (Å²) in [5.41, 5.74) is -58.5. The zero-order valence-electron chi connectivity index (χ0n) is 34.4. The van der Waals surface area contributed by atoms with Crippen molar-refractivity contribution < 1.29 is 202 Å². The van der Waals surface area contributed by atoms with Crippen molar-refractivity contribution in [2.75, 3.05) is 0 Å². The molecule has 44 heteroatoms. The Balaban J connectivity index is -0.000000462. The molecule has 0 fully saturated rings. The maximum Gasteiger partial charge on any atom is 1.00 e. The molecule has 0 N–H and O–H groups in total. The Labute approximate surface area is 427 Å². The second-order valence-electron chi connectivity index (χ2n) is 12.9. The Morgan fingerprint density at radius 3 is 0.316 bits per heavy atom. The monoisotopic (exact) mass is 1420 g/mol. The summed E-state index contributed by atoms with van der Waals surface area (Å²) in [7, 11) is 0. The van der Waals surface area contributed by atoms with E-state index in [0.29, 0.717) is 0 Å². The van der Waals surface area contributed by atoms with Crippen LogP contribution in [0.5, 0.6) is 0 Å². The molecule has 0 amide bonds. The van der Waals surface area contributed by atoms with E-state index in [2.05, 4.69) is 19.9 Å².